The summed E-state index contributed by atoms with van der Waals surface area (Å²) >= 11 is 0. The maximum atomic E-state index is 5.92. The lowest BCUT2D eigenvalue weighted by molar-refractivity contribution is 0.616. The third-order valence-electron chi connectivity index (χ3n) is 3.04. The van der Waals surface area contributed by atoms with Crippen molar-refractivity contribution >= 4 is 16.7 Å². The van der Waals surface area contributed by atoms with Crippen molar-refractivity contribution in [3.05, 3.63) is 30.5 Å². The van der Waals surface area contributed by atoms with Crippen LogP contribution in [0.1, 0.15) is 6.42 Å². The first-order valence-electron chi connectivity index (χ1n) is 5.31. The summed E-state index contributed by atoms with van der Waals surface area (Å²) in [4.78, 5) is 2.34. The summed E-state index contributed by atoms with van der Waals surface area (Å²) in [5.41, 5.74) is 8.11. The highest BCUT2D eigenvalue weighted by Gasteiger charge is 2.20. The summed E-state index contributed by atoms with van der Waals surface area (Å²) in [5.74, 6) is 0. The maximum absolute atomic E-state index is 5.92. The van der Waals surface area contributed by atoms with Crippen LogP contribution in [0.4, 0.5) is 5.69 Å². The molecule has 1 atom stereocenters. The third kappa shape index (κ3) is 1.39. The van der Waals surface area contributed by atoms with Gasteiger partial charge < -0.3 is 15.1 Å². The average Bonchev–Trinajstić information content (AvgIpc) is 2.84. The Balaban J connectivity index is 2.06. The van der Waals surface area contributed by atoms with Gasteiger partial charge in [-0.05, 0) is 24.6 Å². The number of nitrogens with two attached hydrogens (primary N) is 1. The van der Waals surface area contributed by atoms with Gasteiger partial charge in [0.15, 0.2) is 0 Å². The lowest BCUT2D eigenvalue weighted by Gasteiger charge is -2.18. The molecule has 1 fully saturated rings. The minimum Gasteiger partial charge on any atom is -0.464 e. The minimum atomic E-state index is 0.312. The topological polar surface area (TPSA) is 42.4 Å². The Morgan fingerprint density at radius 3 is 3.07 bits per heavy atom. The molecule has 1 saturated heterocycles. The Hall–Kier alpha value is -1.48. The van der Waals surface area contributed by atoms with Gasteiger partial charge in [0.1, 0.15) is 5.58 Å². The van der Waals surface area contributed by atoms with Crippen molar-refractivity contribution in [3.8, 4) is 0 Å². The summed E-state index contributed by atoms with van der Waals surface area (Å²) in [7, 11) is 0. The predicted octanol–water partition coefficient (Wildman–Crippen LogP) is 1.97. The molecule has 0 unspecified atom stereocenters. The van der Waals surface area contributed by atoms with E-state index in [1.807, 2.05) is 18.2 Å². The number of benzene rings is 1. The van der Waals surface area contributed by atoms with Gasteiger partial charge in [0.2, 0.25) is 0 Å². The van der Waals surface area contributed by atoms with E-state index in [1.165, 1.54) is 11.1 Å². The molecule has 1 aromatic heterocycles. The average molecular weight is 202 g/mol. The minimum absolute atomic E-state index is 0.312. The van der Waals surface area contributed by atoms with Crippen molar-refractivity contribution in [2.75, 3.05) is 18.0 Å². The van der Waals surface area contributed by atoms with E-state index in [2.05, 4.69) is 11.0 Å². The Kier molecular flexibility index (Phi) is 1.92. The molecule has 0 saturated carbocycles. The second-order valence-electron chi connectivity index (χ2n) is 4.10. The Labute approximate surface area is 88.5 Å². The van der Waals surface area contributed by atoms with E-state index < -0.39 is 0 Å². The molecule has 2 heterocycles. The zero-order valence-corrected chi connectivity index (χ0v) is 8.52. The molecule has 0 radical (unpaired) electrons. The van der Waals surface area contributed by atoms with E-state index in [4.69, 9.17) is 10.2 Å². The number of anilines is 1. The molecule has 1 aliphatic rings. The van der Waals surface area contributed by atoms with Crippen molar-refractivity contribution in [2.24, 2.45) is 5.73 Å². The molecule has 15 heavy (non-hydrogen) atoms. The molecule has 1 aromatic carbocycles. The Morgan fingerprint density at radius 1 is 1.33 bits per heavy atom. The highest BCUT2D eigenvalue weighted by atomic mass is 16.3. The van der Waals surface area contributed by atoms with Crippen molar-refractivity contribution in [1.29, 1.82) is 0 Å². The van der Waals surface area contributed by atoms with E-state index in [-0.39, 0.29) is 0 Å². The van der Waals surface area contributed by atoms with Gasteiger partial charge in [-0.1, -0.05) is 6.07 Å². The van der Waals surface area contributed by atoms with Gasteiger partial charge in [-0.25, -0.2) is 0 Å². The standard InChI is InChI=1S/C12H14N2O/c13-9-4-6-14(8-9)11-2-1-3-12-10(11)5-7-15-12/h1-3,5,7,9H,4,6,8,13H2/t9-/m1/s1. The molecule has 3 heteroatoms. The van der Waals surface area contributed by atoms with Crippen molar-refractivity contribution in [2.45, 2.75) is 12.5 Å². The predicted molar refractivity (Wildman–Crippen MR) is 61.0 cm³/mol. The highest BCUT2D eigenvalue weighted by molar-refractivity contribution is 5.91. The van der Waals surface area contributed by atoms with Crippen LogP contribution in [-0.4, -0.2) is 19.1 Å². The van der Waals surface area contributed by atoms with Crippen molar-refractivity contribution < 1.29 is 4.42 Å². The second-order valence-corrected chi connectivity index (χ2v) is 4.10. The highest BCUT2D eigenvalue weighted by Crippen LogP contribution is 2.29. The lowest BCUT2D eigenvalue weighted by Crippen LogP contribution is -2.26. The Bertz CT molecular complexity index is 477. The van der Waals surface area contributed by atoms with Crippen LogP contribution in [0.5, 0.6) is 0 Å². The van der Waals surface area contributed by atoms with E-state index in [0.717, 1.165) is 25.1 Å². The number of fused-ring (bicyclic) bond motifs is 1. The molecule has 2 N–H and O–H groups in total. The van der Waals surface area contributed by atoms with Crippen LogP contribution in [-0.2, 0) is 0 Å². The normalized spacial score (nSPS) is 21.4. The molecule has 0 amide bonds. The van der Waals surface area contributed by atoms with Crippen LogP contribution in [0, 0.1) is 0 Å². The van der Waals surface area contributed by atoms with E-state index in [9.17, 15) is 0 Å². The summed E-state index contributed by atoms with van der Waals surface area (Å²) in [6.07, 6.45) is 2.82. The van der Waals surface area contributed by atoms with Gasteiger partial charge in [-0.2, -0.15) is 0 Å². The summed E-state index contributed by atoms with van der Waals surface area (Å²) in [6, 6.07) is 8.50. The van der Waals surface area contributed by atoms with Gasteiger partial charge in [-0.3, -0.25) is 0 Å². The fourth-order valence-electron chi connectivity index (χ4n) is 2.26. The first-order valence-corrected chi connectivity index (χ1v) is 5.31. The SMILES string of the molecule is N[C@@H]1CCN(c2cccc3occc23)C1. The van der Waals surface area contributed by atoms with Crippen molar-refractivity contribution in [1.82, 2.24) is 0 Å². The molecular formula is C12H14N2O. The molecule has 0 spiro atoms. The first-order chi connectivity index (χ1) is 7.34. The molecule has 0 aliphatic carbocycles. The Morgan fingerprint density at radius 2 is 2.27 bits per heavy atom. The second kappa shape index (κ2) is 3.28. The number of rotatable bonds is 1. The van der Waals surface area contributed by atoms with Crippen LogP contribution in [0.25, 0.3) is 11.0 Å². The quantitative estimate of drug-likeness (QED) is 0.768. The van der Waals surface area contributed by atoms with Gasteiger partial charge in [0.05, 0.1) is 6.26 Å². The molecule has 78 valence electrons. The monoisotopic (exact) mass is 202 g/mol. The third-order valence-corrected chi connectivity index (χ3v) is 3.04. The maximum Gasteiger partial charge on any atom is 0.135 e. The first kappa shape index (κ1) is 8.80. The molecule has 1 aliphatic heterocycles. The number of hydrogen-bond acceptors (Lipinski definition) is 3. The molecule has 3 rings (SSSR count). The zero-order valence-electron chi connectivity index (χ0n) is 8.52. The van der Waals surface area contributed by atoms with Crippen LogP contribution < -0.4 is 10.6 Å². The number of furan rings is 1. The molecule has 3 nitrogen and oxygen atoms in total. The fourth-order valence-corrected chi connectivity index (χ4v) is 2.26. The zero-order chi connectivity index (χ0) is 10.3. The van der Waals surface area contributed by atoms with E-state index in [0.29, 0.717) is 6.04 Å². The van der Waals surface area contributed by atoms with E-state index >= 15 is 0 Å². The van der Waals surface area contributed by atoms with Crippen LogP contribution in [0.2, 0.25) is 0 Å². The van der Waals surface area contributed by atoms with Crippen LogP contribution in [0.3, 0.4) is 0 Å². The van der Waals surface area contributed by atoms with Crippen LogP contribution in [0.15, 0.2) is 34.9 Å². The van der Waals surface area contributed by atoms with Gasteiger partial charge in [-0.15, -0.1) is 0 Å². The smallest absolute Gasteiger partial charge is 0.135 e. The van der Waals surface area contributed by atoms with Gasteiger partial charge in [0, 0.05) is 30.2 Å². The van der Waals surface area contributed by atoms with Gasteiger partial charge in [0.25, 0.3) is 0 Å². The number of hydrogen-bond donors (Lipinski definition) is 1. The van der Waals surface area contributed by atoms with Gasteiger partial charge >= 0.3 is 0 Å². The molecule has 0 bridgehead atoms. The summed E-state index contributed by atoms with van der Waals surface area (Å²) in [6.45, 7) is 2.00. The fraction of sp³-hybridized carbons (Fsp3) is 0.333. The molecular weight excluding hydrogens is 188 g/mol. The van der Waals surface area contributed by atoms with Crippen LogP contribution >= 0.6 is 0 Å². The molecule has 2 aromatic rings. The summed E-state index contributed by atoms with van der Waals surface area (Å²) in [5, 5.41) is 1.19. The summed E-state index contributed by atoms with van der Waals surface area (Å²) < 4.78 is 5.39. The lowest BCUT2D eigenvalue weighted by atomic mass is 10.2. The van der Waals surface area contributed by atoms with E-state index in [1.54, 1.807) is 6.26 Å². The van der Waals surface area contributed by atoms with Crippen molar-refractivity contribution in [3.63, 3.8) is 0 Å². The number of nitrogens with zero attached hydrogens (tertiary/aromatic N) is 1. The largest absolute Gasteiger partial charge is 0.464 e.